The minimum Gasteiger partial charge on any atom is -0.421 e. The van der Waals surface area contributed by atoms with E-state index in [0.29, 0.717) is 41.5 Å². The molecule has 7 heteroatoms. The van der Waals surface area contributed by atoms with Gasteiger partial charge in [0.15, 0.2) is 0 Å². The number of hydrogen-bond donors (Lipinski definition) is 1. The van der Waals surface area contributed by atoms with Crippen molar-refractivity contribution in [1.82, 2.24) is 20.4 Å². The Hall–Kier alpha value is -2.09. The second-order valence-electron chi connectivity index (χ2n) is 9.76. The van der Waals surface area contributed by atoms with E-state index in [1.54, 1.807) is 18.2 Å². The fourth-order valence-corrected chi connectivity index (χ4v) is 5.13. The Balaban J connectivity index is 1.35. The molecule has 1 aliphatic carbocycles. The zero-order valence-corrected chi connectivity index (χ0v) is 20.1. The van der Waals surface area contributed by atoms with Crippen LogP contribution in [0.25, 0.3) is 11.5 Å². The van der Waals surface area contributed by atoms with Gasteiger partial charge < -0.3 is 14.5 Å². The Morgan fingerprint density at radius 1 is 1.18 bits per heavy atom. The number of rotatable bonds is 9. The van der Waals surface area contributed by atoms with Crippen molar-refractivity contribution in [3.63, 3.8) is 0 Å². The molecular weight excluding hydrogens is 419 g/mol. The van der Waals surface area contributed by atoms with E-state index in [4.69, 9.17) is 9.15 Å². The van der Waals surface area contributed by atoms with E-state index in [-0.39, 0.29) is 11.7 Å². The van der Waals surface area contributed by atoms with Crippen LogP contribution in [-0.4, -0.2) is 61.0 Å². The summed E-state index contributed by atoms with van der Waals surface area (Å²) in [5.74, 6) is 2.59. The fraction of sp³-hybridized carbons (Fsp3) is 0.615. The lowest BCUT2D eigenvalue weighted by Crippen LogP contribution is -2.42. The summed E-state index contributed by atoms with van der Waals surface area (Å²) in [7, 11) is 0. The second-order valence-corrected chi connectivity index (χ2v) is 9.76. The van der Waals surface area contributed by atoms with Gasteiger partial charge in [-0.05, 0) is 49.1 Å². The number of hydrogen-bond acceptors (Lipinski definition) is 6. The lowest BCUT2D eigenvalue weighted by Gasteiger charge is -2.37. The van der Waals surface area contributed by atoms with Crippen LogP contribution in [0.4, 0.5) is 4.39 Å². The largest absolute Gasteiger partial charge is 0.421 e. The third kappa shape index (κ3) is 6.28. The minimum atomic E-state index is -0.342. The molecule has 2 aliphatic rings. The van der Waals surface area contributed by atoms with Crippen molar-refractivity contribution in [2.24, 2.45) is 23.7 Å². The van der Waals surface area contributed by atoms with Gasteiger partial charge in [-0.3, -0.25) is 4.90 Å². The summed E-state index contributed by atoms with van der Waals surface area (Å²) in [6.45, 7) is 13.7. The van der Waals surface area contributed by atoms with Crippen LogP contribution in [0, 0.1) is 29.5 Å². The highest BCUT2D eigenvalue weighted by Gasteiger charge is 2.32. The quantitative estimate of drug-likeness (QED) is 0.451. The van der Waals surface area contributed by atoms with Crippen LogP contribution in [0.3, 0.4) is 0 Å². The van der Waals surface area contributed by atoms with Gasteiger partial charge in [-0.25, -0.2) is 4.39 Å². The summed E-state index contributed by atoms with van der Waals surface area (Å²) in [6.07, 6.45) is 4.26. The van der Waals surface area contributed by atoms with Crippen LogP contribution in [0.1, 0.15) is 33.1 Å². The number of morpholine rings is 1. The average Bonchev–Trinajstić information content (AvgIpc) is 3.27. The first kappa shape index (κ1) is 24.0. The van der Waals surface area contributed by atoms with Crippen LogP contribution in [0.2, 0.25) is 0 Å². The van der Waals surface area contributed by atoms with Gasteiger partial charge in [0.2, 0.25) is 5.89 Å². The molecule has 1 N–H and O–H groups in total. The molecule has 3 atom stereocenters. The Kier molecular flexibility index (Phi) is 8.28. The summed E-state index contributed by atoms with van der Waals surface area (Å²) in [4.78, 5) is 2.47. The molecule has 4 rings (SSSR count). The first-order valence-corrected chi connectivity index (χ1v) is 12.3. The van der Waals surface area contributed by atoms with Crippen molar-refractivity contribution in [2.75, 3.05) is 45.9 Å². The third-order valence-electron chi connectivity index (χ3n) is 7.16. The van der Waals surface area contributed by atoms with Gasteiger partial charge in [-0.1, -0.05) is 37.6 Å². The highest BCUT2D eigenvalue weighted by molar-refractivity contribution is 5.53. The van der Waals surface area contributed by atoms with Crippen molar-refractivity contribution < 1.29 is 13.5 Å². The summed E-state index contributed by atoms with van der Waals surface area (Å²) in [6, 6.07) is 6.52. The predicted octanol–water partition coefficient (Wildman–Crippen LogP) is 4.19. The van der Waals surface area contributed by atoms with E-state index < -0.39 is 0 Å². The Morgan fingerprint density at radius 3 is 2.73 bits per heavy atom. The third-order valence-corrected chi connectivity index (χ3v) is 7.16. The van der Waals surface area contributed by atoms with Crippen LogP contribution in [0.5, 0.6) is 0 Å². The zero-order chi connectivity index (χ0) is 23.2. The van der Waals surface area contributed by atoms with Gasteiger partial charge in [0.25, 0.3) is 5.89 Å². The Labute approximate surface area is 196 Å². The van der Waals surface area contributed by atoms with Gasteiger partial charge in [-0.15, -0.1) is 10.2 Å². The topological polar surface area (TPSA) is 63.4 Å². The van der Waals surface area contributed by atoms with Crippen molar-refractivity contribution in [1.29, 1.82) is 0 Å². The van der Waals surface area contributed by atoms with Crippen molar-refractivity contribution in [2.45, 2.75) is 33.6 Å². The molecular formula is C26H37FN4O2. The normalized spacial score (nSPS) is 24.3. The standard InChI is InChI=1S/C26H37FN4O2/c1-18(2)23-15-20(16-25-29-30-26(33-25)22-6-4-5-7-24(22)27)19(3)14-21(23)17-28-8-9-31-10-12-32-13-11-31/h4-7,14,18,20-21,23,28H,8-13,15-17H2,1-3H3. The maximum atomic E-state index is 14.1. The van der Waals surface area contributed by atoms with Crippen LogP contribution >= 0.6 is 0 Å². The molecule has 0 bridgehead atoms. The molecule has 1 aromatic carbocycles. The Bertz CT molecular complexity index is 923. The summed E-state index contributed by atoms with van der Waals surface area (Å²) < 4.78 is 25.3. The van der Waals surface area contributed by atoms with Gasteiger partial charge in [0, 0.05) is 39.1 Å². The van der Waals surface area contributed by atoms with Crippen LogP contribution in [0.15, 0.2) is 40.3 Å². The Morgan fingerprint density at radius 2 is 1.97 bits per heavy atom. The summed E-state index contributed by atoms with van der Waals surface area (Å²) in [5, 5.41) is 12.0. The first-order valence-electron chi connectivity index (χ1n) is 12.3. The average molecular weight is 457 g/mol. The fourth-order valence-electron chi connectivity index (χ4n) is 5.13. The van der Waals surface area contributed by atoms with E-state index in [9.17, 15) is 4.39 Å². The number of halogens is 1. The molecule has 1 aliphatic heterocycles. The van der Waals surface area contributed by atoms with Gasteiger partial charge in [0.1, 0.15) is 5.82 Å². The van der Waals surface area contributed by atoms with Crippen molar-refractivity contribution >= 4 is 0 Å². The van der Waals surface area contributed by atoms with Gasteiger partial charge >= 0.3 is 0 Å². The van der Waals surface area contributed by atoms with Crippen molar-refractivity contribution in [3.05, 3.63) is 47.6 Å². The first-order chi connectivity index (χ1) is 16.0. The maximum Gasteiger partial charge on any atom is 0.250 e. The molecule has 1 saturated heterocycles. The van der Waals surface area contributed by atoms with Gasteiger partial charge in [-0.2, -0.15) is 0 Å². The highest BCUT2D eigenvalue weighted by Crippen LogP contribution is 2.38. The molecule has 3 unspecified atom stereocenters. The summed E-state index contributed by atoms with van der Waals surface area (Å²) in [5.41, 5.74) is 1.74. The monoisotopic (exact) mass is 456 g/mol. The lowest BCUT2D eigenvalue weighted by molar-refractivity contribution is 0.0382. The van der Waals surface area contributed by atoms with E-state index >= 15 is 0 Å². The molecule has 0 spiro atoms. The van der Waals surface area contributed by atoms with Crippen molar-refractivity contribution in [3.8, 4) is 11.5 Å². The molecule has 0 radical (unpaired) electrons. The van der Waals surface area contributed by atoms with E-state index in [1.807, 2.05) is 0 Å². The minimum absolute atomic E-state index is 0.253. The van der Waals surface area contributed by atoms with Crippen LogP contribution in [-0.2, 0) is 11.2 Å². The number of ether oxygens (including phenoxy) is 1. The summed E-state index contributed by atoms with van der Waals surface area (Å²) >= 11 is 0. The number of nitrogens with zero attached hydrogens (tertiary/aromatic N) is 3. The molecule has 1 fully saturated rings. The predicted molar refractivity (Wildman–Crippen MR) is 127 cm³/mol. The molecule has 2 heterocycles. The number of aromatic nitrogens is 2. The van der Waals surface area contributed by atoms with Crippen LogP contribution < -0.4 is 5.32 Å². The number of nitrogens with one attached hydrogen (secondary N) is 1. The van der Waals surface area contributed by atoms with E-state index in [2.05, 4.69) is 47.3 Å². The molecule has 180 valence electrons. The number of benzene rings is 1. The highest BCUT2D eigenvalue weighted by atomic mass is 19.1. The maximum absolute atomic E-state index is 14.1. The smallest absolute Gasteiger partial charge is 0.250 e. The van der Waals surface area contributed by atoms with E-state index in [0.717, 1.165) is 52.4 Å². The SMILES string of the molecule is CC1=CC(CNCCN2CCOCC2)C(C(C)C)CC1Cc1nnc(-c2ccccc2F)o1. The zero-order valence-electron chi connectivity index (χ0n) is 20.1. The second kappa shape index (κ2) is 11.4. The molecule has 33 heavy (non-hydrogen) atoms. The lowest BCUT2D eigenvalue weighted by atomic mass is 9.70. The van der Waals surface area contributed by atoms with E-state index in [1.165, 1.54) is 11.6 Å². The molecule has 0 amide bonds. The molecule has 6 nitrogen and oxygen atoms in total. The molecule has 0 saturated carbocycles. The number of allylic oxidation sites excluding steroid dienone is 1. The molecule has 2 aromatic rings. The van der Waals surface area contributed by atoms with Gasteiger partial charge in [0.05, 0.1) is 18.8 Å². The molecule has 1 aromatic heterocycles.